The molecular weight excluding hydrogens is 190 g/mol. The predicted molar refractivity (Wildman–Crippen MR) is 53.8 cm³/mol. The first-order chi connectivity index (χ1) is 6.20. The molecule has 0 rings (SSSR count). The van der Waals surface area contributed by atoms with Gasteiger partial charge in [0.15, 0.2) is 5.82 Å². The number of nitrogens with one attached hydrogen (secondary N) is 2. The highest BCUT2D eigenvalue weighted by Gasteiger charge is 1.99. The van der Waals surface area contributed by atoms with Crippen molar-refractivity contribution < 1.29 is 4.92 Å². The quantitative estimate of drug-likeness (QED) is 0.241. The SMILES string of the molecule is C#CCNC(=C[N+](=O)[O-])NCCS. The molecule has 0 aromatic rings. The molecule has 0 aromatic carbocycles. The number of hydrogen-bond acceptors (Lipinski definition) is 5. The summed E-state index contributed by atoms with van der Waals surface area (Å²) in [6.07, 6.45) is 5.82. The highest BCUT2D eigenvalue weighted by molar-refractivity contribution is 7.80. The molecule has 0 heterocycles. The van der Waals surface area contributed by atoms with Crippen molar-refractivity contribution in [2.45, 2.75) is 0 Å². The van der Waals surface area contributed by atoms with Crippen LogP contribution >= 0.6 is 12.6 Å². The smallest absolute Gasteiger partial charge is 0.274 e. The second-order valence-corrected chi connectivity index (χ2v) is 2.48. The molecule has 0 bridgehead atoms. The highest BCUT2D eigenvalue weighted by Crippen LogP contribution is 1.84. The van der Waals surface area contributed by atoms with E-state index in [2.05, 4.69) is 29.2 Å². The Morgan fingerprint density at radius 2 is 2.38 bits per heavy atom. The van der Waals surface area contributed by atoms with Gasteiger partial charge in [-0.2, -0.15) is 12.6 Å². The van der Waals surface area contributed by atoms with Crippen LogP contribution < -0.4 is 10.6 Å². The molecule has 0 saturated carbocycles. The highest BCUT2D eigenvalue weighted by atomic mass is 32.1. The van der Waals surface area contributed by atoms with Crippen LogP contribution in [0.1, 0.15) is 0 Å². The standard InChI is InChI=1S/C7H11N3O2S/c1-2-3-8-7(6-10(11)12)9-4-5-13/h1,6,8-9,13H,3-5H2. The van der Waals surface area contributed by atoms with Crippen LogP contribution in [-0.4, -0.2) is 23.8 Å². The molecule has 0 aliphatic heterocycles. The molecule has 0 aromatic heterocycles. The number of nitrogens with zero attached hydrogens (tertiary/aromatic N) is 1. The molecule has 0 spiro atoms. The zero-order chi connectivity index (χ0) is 10.1. The fourth-order valence-corrected chi connectivity index (χ4v) is 0.708. The van der Waals surface area contributed by atoms with Gasteiger partial charge in [0.2, 0.25) is 0 Å². The van der Waals surface area contributed by atoms with Gasteiger partial charge in [0.25, 0.3) is 6.20 Å². The van der Waals surface area contributed by atoms with Gasteiger partial charge in [0.1, 0.15) is 0 Å². The minimum atomic E-state index is -0.551. The lowest BCUT2D eigenvalue weighted by Crippen LogP contribution is -2.28. The lowest BCUT2D eigenvalue weighted by atomic mass is 10.6. The molecule has 2 N–H and O–H groups in total. The van der Waals surface area contributed by atoms with Crippen LogP contribution in [0.15, 0.2) is 12.0 Å². The van der Waals surface area contributed by atoms with E-state index in [0.29, 0.717) is 18.1 Å². The summed E-state index contributed by atoms with van der Waals surface area (Å²) in [5.74, 6) is 3.21. The van der Waals surface area contributed by atoms with E-state index in [1.165, 1.54) is 0 Å². The van der Waals surface area contributed by atoms with Crippen LogP contribution in [0.3, 0.4) is 0 Å². The average Bonchev–Trinajstić information content (AvgIpc) is 2.09. The number of rotatable bonds is 6. The van der Waals surface area contributed by atoms with E-state index in [1.54, 1.807) is 0 Å². The van der Waals surface area contributed by atoms with E-state index in [9.17, 15) is 10.1 Å². The van der Waals surface area contributed by atoms with Gasteiger partial charge in [0, 0.05) is 12.3 Å². The summed E-state index contributed by atoms with van der Waals surface area (Å²) in [5, 5.41) is 15.6. The molecule has 0 unspecified atom stereocenters. The van der Waals surface area contributed by atoms with Crippen LogP contribution in [-0.2, 0) is 0 Å². The lowest BCUT2D eigenvalue weighted by Gasteiger charge is -2.06. The summed E-state index contributed by atoms with van der Waals surface area (Å²) in [5.41, 5.74) is 0. The molecule has 72 valence electrons. The number of hydrogen-bond donors (Lipinski definition) is 3. The molecule has 0 fully saturated rings. The van der Waals surface area contributed by atoms with Crippen molar-refractivity contribution in [3.8, 4) is 12.3 Å². The van der Waals surface area contributed by atoms with E-state index in [-0.39, 0.29) is 6.54 Å². The topological polar surface area (TPSA) is 67.2 Å². The van der Waals surface area contributed by atoms with Gasteiger partial charge in [-0.1, -0.05) is 5.92 Å². The normalized spacial score (nSPS) is 10.3. The van der Waals surface area contributed by atoms with Crippen LogP contribution in [0.4, 0.5) is 0 Å². The third kappa shape index (κ3) is 7.03. The molecule has 0 aliphatic rings. The minimum Gasteiger partial charge on any atom is -0.366 e. The van der Waals surface area contributed by atoms with Crippen molar-refractivity contribution in [2.24, 2.45) is 0 Å². The van der Waals surface area contributed by atoms with Gasteiger partial charge in [-0.05, 0) is 0 Å². The lowest BCUT2D eigenvalue weighted by molar-refractivity contribution is -0.404. The van der Waals surface area contributed by atoms with Crippen molar-refractivity contribution in [3.63, 3.8) is 0 Å². The summed E-state index contributed by atoms with van der Waals surface area (Å²) in [6.45, 7) is 0.791. The van der Waals surface area contributed by atoms with Gasteiger partial charge in [-0.3, -0.25) is 10.1 Å². The average molecular weight is 201 g/mol. The third-order valence-corrected chi connectivity index (χ3v) is 1.27. The van der Waals surface area contributed by atoms with Crippen molar-refractivity contribution in [1.29, 1.82) is 0 Å². The second kappa shape index (κ2) is 7.31. The van der Waals surface area contributed by atoms with Crippen molar-refractivity contribution in [2.75, 3.05) is 18.8 Å². The van der Waals surface area contributed by atoms with Gasteiger partial charge in [-0.25, -0.2) is 0 Å². The van der Waals surface area contributed by atoms with E-state index >= 15 is 0 Å². The fraction of sp³-hybridized carbons (Fsp3) is 0.429. The first-order valence-electron chi connectivity index (χ1n) is 3.58. The Labute approximate surface area is 82.1 Å². The molecule has 6 heteroatoms. The summed E-state index contributed by atoms with van der Waals surface area (Å²) >= 11 is 3.95. The van der Waals surface area contributed by atoms with Crippen molar-refractivity contribution in [3.05, 3.63) is 22.1 Å². The van der Waals surface area contributed by atoms with Crippen LogP contribution in [0.25, 0.3) is 0 Å². The first-order valence-corrected chi connectivity index (χ1v) is 4.21. The van der Waals surface area contributed by atoms with Gasteiger partial charge in [0.05, 0.1) is 11.5 Å². The molecule has 0 radical (unpaired) electrons. The molecule has 0 atom stereocenters. The Hall–Kier alpha value is -1.35. The molecule has 13 heavy (non-hydrogen) atoms. The monoisotopic (exact) mass is 201 g/mol. The second-order valence-electron chi connectivity index (χ2n) is 2.04. The molecule has 0 saturated heterocycles. The Morgan fingerprint density at radius 3 is 2.85 bits per heavy atom. The fourth-order valence-electron chi connectivity index (χ4n) is 0.596. The first kappa shape index (κ1) is 11.6. The largest absolute Gasteiger partial charge is 0.366 e. The minimum absolute atomic E-state index is 0.249. The van der Waals surface area contributed by atoms with E-state index in [1.807, 2.05) is 0 Å². The van der Waals surface area contributed by atoms with E-state index < -0.39 is 4.92 Å². The zero-order valence-electron chi connectivity index (χ0n) is 6.99. The summed E-state index contributed by atoms with van der Waals surface area (Å²) in [7, 11) is 0. The molecule has 0 amide bonds. The Bertz CT molecular complexity index is 234. The van der Waals surface area contributed by atoms with Crippen LogP contribution in [0.2, 0.25) is 0 Å². The van der Waals surface area contributed by atoms with Crippen molar-refractivity contribution >= 4 is 12.6 Å². The maximum atomic E-state index is 10.1. The van der Waals surface area contributed by atoms with Crippen LogP contribution in [0.5, 0.6) is 0 Å². The Morgan fingerprint density at radius 1 is 1.69 bits per heavy atom. The zero-order valence-corrected chi connectivity index (χ0v) is 7.88. The number of thiol groups is 1. The van der Waals surface area contributed by atoms with Gasteiger partial charge < -0.3 is 10.6 Å². The van der Waals surface area contributed by atoms with Gasteiger partial charge in [-0.15, -0.1) is 6.42 Å². The summed E-state index contributed by atoms with van der Waals surface area (Å²) in [6, 6.07) is 0. The molecule has 5 nitrogen and oxygen atoms in total. The summed E-state index contributed by atoms with van der Waals surface area (Å²) in [4.78, 5) is 9.56. The van der Waals surface area contributed by atoms with Gasteiger partial charge >= 0.3 is 0 Å². The van der Waals surface area contributed by atoms with Crippen LogP contribution in [0, 0.1) is 22.5 Å². The Balaban J connectivity index is 4.04. The molecular formula is C7H11N3O2S. The van der Waals surface area contributed by atoms with Crippen molar-refractivity contribution in [1.82, 2.24) is 10.6 Å². The van der Waals surface area contributed by atoms with E-state index in [0.717, 1.165) is 6.20 Å². The maximum Gasteiger partial charge on any atom is 0.274 e. The maximum absolute atomic E-state index is 10.1. The number of terminal acetylenes is 1. The number of nitro groups is 1. The molecule has 0 aliphatic carbocycles. The summed E-state index contributed by atoms with van der Waals surface area (Å²) < 4.78 is 0. The Kier molecular flexibility index (Phi) is 6.55. The van der Waals surface area contributed by atoms with E-state index in [4.69, 9.17) is 6.42 Å². The predicted octanol–water partition coefficient (Wildman–Crippen LogP) is -0.196. The third-order valence-electron chi connectivity index (χ3n) is 1.04.